The number of nitrogens with one attached hydrogen (secondary N) is 1. The Morgan fingerprint density at radius 3 is 2.94 bits per heavy atom. The lowest BCUT2D eigenvalue weighted by Gasteiger charge is -2.06. The lowest BCUT2D eigenvalue weighted by molar-refractivity contribution is 0.718. The van der Waals surface area contributed by atoms with Gasteiger partial charge in [-0.1, -0.05) is 0 Å². The highest BCUT2D eigenvalue weighted by Gasteiger charge is 2.03. The summed E-state index contributed by atoms with van der Waals surface area (Å²) in [6.45, 7) is 3.00. The van der Waals surface area contributed by atoms with Crippen molar-refractivity contribution in [1.29, 1.82) is 0 Å². The van der Waals surface area contributed by atoms with E-state index in [1.165, 1.54) is 6.33 Å². The van der Waals surface area contributed by atoms with Gasteiger partial charge in [-0.15, -0.1) is 0 Å². The van der Waals surface area contributed by atoms with Crippen LogP contribution < -0.4 is 10.9 Å². The molecule has 0 saturated carbocycles. The summed E-state index contributed by atoms with van der Waals surface area (Å²) in [4.78, 5) is 23.7. The first kappa shape index (κ1) is 11.3. The molecule has 0 aromatic carbocycles. The molecule has 2 rings (SSSR count). The molecule has 17 heavy (non-hydrogen) atoms. The topological polar surface area (TPSA) is 72.7 Å². The third-order valence-corrected chi connectivity index (χ3v) is 2.33. The number of aryl methyl sites for hydroxylation is 1. The normalized spacial score (nSPS) is 10.2. The fourth-order valence-corrected chi connectivity index (χ4v) is 1.41. The average molecular weight is 231 g/mol. The van der Waals surface area contributed by atoms with Gasteiger partial charge in [0.15, 0.2) is 5.82 Å². The van der Waals surface area contributed by atoms with E-state index in [2.05, 4.69) is 20.3 Å². The SMILES string of the molecule is CCn1ccnc(NCc2ccncn2)c1=O. The van der Waals surface area contributed by atoms with Crippen molar-refractivity contribution in [3.8, 4) is 0 Å². The van der Waals surface area contributed by atoms with Gasteiger partial charge in [0.2, 0.25) is 0 Å². The highest BCUT2D eigenvalue weighted by molar-refractivity contribution is 5.31. The molecular weight excluding hydrogens is 218 g/mol. The second kappa shape index (κ2) is 5.20. The molecule has 88 valence electrons. The quantitative estimate of drug-likeness (QED) is 0.837. The molecule has 0 aliphatic heterocycles. The average Bonchev–Trinajstić information content (AvgIpc) is 2.39. The summed E-state index contributed by atoms with van der Waals surface area (Å²) in [5, 5.41) is 2.97. The number of anilines is 1. The minimum Gasteiger partial charge on any atom is -0.360 e. The molecule has 0 spiro atoms. The number of hydrogen-bond donors (Lipinski definition) is 1. The van der Waals surface area contributed by atoms with Gasteiger partial charge in [0.25, 0.3) is 5.56 Å². The lowest BCUT2D eigenvalue weighted by atomic mass is 10.4. The Morgan fingerprint density at radius 1 is 1.35 bits per heavy atom. The van der Waals surface area contributed by atoms with Gasteiger partial charge in [-0.2, -0.15) is 0 Å². The highest BCUT2D eigenvalue weighted by Crippen LogP contribution is 1.97. The van der Waals surface area contributed by atoms with Gasteiger partial charge in [0.05, 0.1) is 12.2 Å². The van der Waals surface area contributed by atoms with E-state index in [9.17, 15) is 4.79 Å². The molecule has 1 N–H and O–H groups in total. The van der Waals surface area contributed by atoms with Crippen LogP contribution in [0.3, 0.4) is 0 Å². The molecule has 2 aromatic rings. The van der Waals surface area contributed by atoms with E-state index in [0.717, 1.165) is 5.69 Å². The van der Waals surface area contributed by atoms with Gasteiger partial charge in [-0.05, 0) is 13.0 Å². The van der Waals surface area contributed by atoms with Gasteiger partial charge < -0.3 is 9.88 Å². The number of nitrogens with zero attached hydrogens (tertiary/aromatic N) is 4. The first-order valence-corrected chi connectivity index (χ1v) is 5.35. The summed E-state index contributed by atoms with van der Waals surface area (Å²) in [7, 11) is 0. The Morgan fingerprint density at radius 2 is 2.24 bits per heavy atom. The zero-order valence-electron chi connectivity index (χ0n) is 9.50. The minimum atomic E-state index is -0.121. The molecule has 0 saturated heterocycles. The van der Waals surface area contributed by atoms with E-state index in [0.29, 0.717) is 18.9 Å². The van der Waals surface area contributed by atoms with E-state index >= 15 is 0 Å². The number of hydrogen-bond acceptors (Lipinski definition) is 5. The van der Waals surface area contributed by atoms with Gasteiger partial charge in [-0.25, -0.2) is 15.0 Å². The van der Waals surface area contributed by atoms with Crippen molar-refractivity contribution in [1.82, 2.24) is 19.5 Å². The smallest absolute Gasteiger partial charge is 0.293 e. The fourth-order valence-electron chi connectivity index (χ4n) is 1.41. The largest absolute Gasteiger partial charge is 0.360 e. The standard InChI is InChI=1S/C11H13N5O/c1-2-16-6-5-13-10(11(16)17)14-7-9-3-4-12-8-15-9/h3-6,8H,2,7H2,1H3,(H,13,14). The van der Waals surface area contributed by atoms with Crippen LogP contribution in [-0.2, 0) is 13.1 Å². The maximum absolute atomic E-state index is 11.8. The zero-order valence-corrected chi connectivity index (χ0v) is 9.50. The van der Waals surface area contributed by atoms with E-state index in [1.54, 1.807) is 29.2 Å². The van der Waals surface area contributed by atoms with Gasteiger partial charge in [0, 0.05) is 25.1 Å². The summed E-state index contributed by atoms with van der Waals surface area (Å²) >= 11 is 0. The summed E-state index contributed by atoms with van der Waals surface area (Å²) in [6.07, 6.45) is 6.40. The van der Waals surface area contributed by atoms with Crippen LogP contribution >= 0.6 is 0 Å². The molecule has 0 aliphatic carbocycles. The van der Waals surface area contributed by atoms with Crippen LogP contribution in [0.4, 0.5) is 5.82 Å². The molecule has 0 radical (unpaired) electrons. The molecule has 0 amide bonds. The molecule has 2 heterocycles. The summed E-state index contributed by atoms with van der Waals surface area (Å²) in [5.74, 6) is 0.341. The van der Waals surface area contributed by atoms with Crippen molar-refractivity contribution in [3.05, 3.63) is 47.0 Å². The molecule has 0 aliphatic rings. The van der Waals surface area contributed by atoms with Crippen molar-refractivity contribution >= 4 is 5.82 Å². The van der Waals surface area contributed by atoms with Gasteiger partial charge in [0.1, 0.15) is 6.33 Å². The maximum atomic E-state index is 11.8. The number of aromatic nitrogens is 4. The first-order valence-electron chi connectivity index (χ1n) is 5.35. The molecule has 6 nitrogen and oxygen atoms in total. The van der Waals surface area contributed by atoms with Crippen LogP contribution in [-0.4, -0.2) is 19.5 Å². The first-order chi connectivity index (χ1) is 8.31. The Bertz CT molecular complexity index is 537. The van der Waals surface area contributed by atoms with Crippen molar-refractivity contribution in [3.63, 3.8) is 0 Å². The van der Waals surface area contributed by atoms with Crippen LogP contribution in [0, 0.1) is 0 Å². The second-order valence-electron chi connectivity index (χ2n) is 3.42. The second-order valence-corrected chi connectivity index (χ2v) is 3.42. The Balaban J connectivity index is 2.12. The number of rotatable bonds is 4. The molecular formula is C11H13N5O. The Labute approximate surface area is 98.4 Å². The predicted octanol–water partition coefficient (Wildman–Crippen LogP) is 0.665. The fraction of sp³-hybridized carbons (Fsp3) is 0.273. The van der Waals surface area contributed by atoms with Crippen molar-refractivity contribution in [2.24, 2.45) is 0 Å². The van der Waals surface area contributed by atoms with E-state index < -0.39 is 0 Å². The molecule has 2 aromatic heterocycles. The zero-order chi connectivity index (χ0) is 12.1. The van der Waals surface area contributed by atoms with Gasteiger partial charge >= 0.3 is 0 Å². The van der Waals surface area contributed by atoms with Crippen molar-refractivity contribution in [2.75, 3.05) is 5.32 Å². The molecule has 6 heteroatoms. The minimum absolute atomic E-state index is 0.121. The summed E-state index contributed by atoms with van der Waals surface area (Å²) in [6, 6.07) is 1.79. The lowest BCUT2D eigenvalue weighted by Crippen LogP contribution is -2.23. The van der Waals surface area contributed by atoms with Crippen LogP contribution in [0.25, 0.3) is 0 Å². The monoisotopic (exact) mass is 231 g/mol. The molecule has 0 fully saturated rings. The summed E-state index contributed by atoms with van der Waals surface area (Å²) < 4.78 is 1.59. The van der Waals surface area contributed by atoms with Gasteiger partial charge in [-0.3, -0.25) is 4.79 Å². The molecule has 0 unspecified atom stereocenters. The van der Waals surface area contributed by atoms with E-state index in [4.69, 9.17) is 0 Å². The van der Waals surface area contributed by atoms with Crippen LogP contribution in [0.1, 0.15) is 12.6 Å². The predicted molar refractivity (Wildman–Crippen MR) is 63.5 cm³/mol. The Hall–Kier alpha value is -2.24. The summed E-state index contributed by atoms with van der Waals surface area (Å²) in [5.41, 5.74) is 0.692. The molecule has 0 atom stereocenters. The maximum Gasteiger partial charge on any atom is 0.293 e. The third kappa shape index (κ3) is 2.66. The van der Waals surface area contributed by atoms with E-state index in [1.807, 2.05) is 6.92 Å². The third-order valence-electron chi connectivity index (χ3n) is 2.33. The van der Waals surface area contributed by atoms with Crippen LogP contribution in [0.2, 0.25) is 0 Å². The Kier molecular flexibility index (Phi) is 3.44. The van der Waals surface area contributed by atoms with Crippen molar-refractivity contribution in [2.45, 2.75) is 20.0 Å². The highest BCUT2D eigenvalue weighted by atomic mass is 16.1. The van der Waals surface area contributed by atoms with E-state index in [-0.39, 0.29) is 5.56 Å². The molecule has 0 bridgehead atoms. The van der Waals surface area contributed by atoms with Crippen LogP contribution in [0.5, 0.6) is 0 Å². The van der Waals surface area contributed by atoms with Crippen molar-refractivity contribution < 1.29 is 0 Å². The van der Waals surface area contributed by atoms with Crippen LogP contribution in [0.15, 0.2) is 35.8 Å².